The van der Waals surface area contributed by atoms with Gasteiger partial charge in [-0.1, -0.05) is 25.4 Å². The zero-order valence-corrected chi connectivity index (χ0v) is 14.0. The van der Waals surface area contributed by atoms with Crippen molar-refractivity contribution in [2.24, 2.45) is 5.92 Å². The summed E-state index contributed by atoms with van der Waals surface area (Å²) in [6, 6.07) is 5.01. The van der Waals surface area contributed by atoms with Gasteiger partial charge in [0.05, 0.1) is 6.10 Å². The van der Waals surface area contributed by atoms with E-state index < -0.39 is 17.8 Å². The number of carbonyl (C=O) groups is 1. The number of amides is 1. The molecule has 0 spiro atoms. The molecule has 1 amide bonds. The summed E-state index contributed by atoms with van der Waals surface area (Å²) in [6.45, 7) is 9.43. The lowest BCUT2D eigenvalue weighted by Gasteiger charge is -2.22. The molecule has 0 radical (unpaired) electrons. The quantitative estimate of drug-likeness (QED) is 0.842. The minimum atomic E-state index is -0.686. The number of benzene rings is 1. The second-order valence-corrected chi connectivity index (χ2v) is 6.94. The van der Waals surface area contributed by atoms with Crippen molar-refractivity contribution in [1.29, 1.82) is 0 Å². The van der Waals surface area contributed by atoms with Crippen molar-refractivity contribution in [3.05, 3.63) is 28.8 Å². The van der Waals surface area contributed by atoms with Crippen LogP contribution in [0.15, 0.2) is 18.2 Å². The largest absolute Gasteiger partial charge is 0.444 e. The van der Waals surface area contributed by atoms with Crippen molar-refractivity contribution in [1.82, 2.24) is 0 Å². The Labute approximate surface area is 131 Å². The number of aliphatic hydroxyl groups excluding tert-OH is 1. The molecule has 1 atom stereocenters. The number of nitrogens with one attached hydrogen (secondary N) is 1. The minimum absolute atomic E-state index is 0.327. The number of aliphatic hydroxyl groups is 1. The first-order valence-corrected chi connectivity index (χ1v) is 7.44. The maximum Gasteiger partial charge on any atom is 0.412 e. The second-order valence-electron chi connectivity index (χ2n) is 6.50. The fourth-order valence-electron chi connectivity index (χ4n) is 1.91. The Hall–Kier alpha value is -1.26. The number of carbonyl (C=O) groups excluding carboxylic acids is 1. The molecule has 2 N–H and O–H groups in total. The zero-order chi connectivity index (χ0) is 16.2. The van der Waals surface area contributed by atoms with Crippen molar-refractivity contribution >= 4 is 23.4 Å². The lowest BCUT2D eigenvalue weighted by molar-refractivity contribution is 0.0635. The fourth-order valence-corrected chi connectivity index (χ4v) is 2.09. The van der Waals surface area contributed by atoms with Gasteiger partial charge >= 0.3 is 6.09 Å². The highest BCUT2D eigenvalue weighted by Crippen LogP contribution is 2.30. The Morgan fingerprint density at radius 1 is 1.38 bits per heavy atom. The van der Waals surface area contributed by atoms with Gasteiger partial charge < -0.3 is 9.84 Å². The molecule has 1 aromatic carbocycles. The average molecular weight is 314 g/mol. The van der Waals surface area contributed by atoms with E-state index in [1.165, 1.54) is 0 Å². The summed E-state index contributed by atoms with van der Waals surface area (Å²) in [4.78, 5) is 11.9. The molecule has 1 rings (SSSR count). The van der Waals surface area contributed by atoms with Gasteiger partial charge in [0.25, 0.3) is 0 Å². The van der Waals surface area contributed by atoms with E-state index in [1.54, 1.807) is 39.0 Å². The van der Waals surface area contributed by atoms with Crippen LogP contribution in [0.5, 0.6) is 0 Å². The van der Waals surface area contributed by atoms with E-state index in [2.05, 4.69) is 5.32 Å². The monoisotopic (exact) mass is 313 g/mol. The van der Waals surface area contributed by atoms with Crippen LogP contribution < -0.4 is 5.32 Å². The van der Waals surface area contributed by atoms with Gasteiger partial charge in [-0.3, -0.25) is 5.32 Å². The van der Waals surface area contributed by atoms with Crippen molar-refractivity contribution < 1.29 is 14.6 Å². The predicted octanol–water partition coefficient (Wildman–Crippen LogP) is 4.77. The third-order valence-corrected chi connectivity index (χ3v) is 2.94. The SMILES string of the molecule is CC(C)CC(O)c1cc(Cl)ccc1NC(=O)OC(C)(C)C. The molecule has 0 aromatic heterocycles. The summed E-state index contributed by atoms with van der Waals surface area (Å²) in [5, 5.41) is 13.5. The van der Waals surface area contributed by atoms with Crippen molar-refractivity contribution in [2.45, 2.75) is 52.7 Å². The summed E-state index contributed by atoms with van der Waals surface area (Å²) >= 11 is 5.99. The van der Waals surface area contributed by atoms with Gasteiger partial charge in [-0.15, -0.1) is 0 Å². The Balaban J connectivity index is 2.94. The third kappa shape index (κ3) is 6.36. The first-order valence-electron chi connectivity index (χ1n) is 7.06. The van der Waals surface area contributed by atoms with Gasteiger partial charge in [-0.05, 0) is 51.3 Å². The molecule has 0 saturated heterocycles. The van der Waals surface area contributed by atoms with Crippen LogP contribution in [0.3, 0.4) is 0 Å². The van der Waals surface area contributed by atoms with Crippen molar-refractivity contribution in [3.8, 4) is 0 Å². The van der Waals surface area contributed by atoms with E-state index >= 15 is 0 Å². The molecule has 0 aliphatic heterocycles. The summed E-state index contributed by atoms with van der Waals surface area (Å²) in [7, 11) is 0. The van der Waals surface area contributed by atoms with E-state index in [-0.39, 0.29) is 0 Å². The molecule has 0 aliphatic carbocycles. The Morgan fingerprint density at radius 3 is 2.52 bits per heavy atom. The molecule has 0 aliphatic rings. The fraction of sp³-hybridized carbons (Fsp3) is 0.562. The lowest BCUT2D eigenvalue weighted by Crippen LogP contribution is -2.27. The van der Waals surface area contributed by atoms with Crippen LogP contribution in [-0.4, -0.2) is 16.8 Å². The van der Waals surface area contributed by atoms with Crippen LogP contribution >= 0.6 is 11.6 Å². The molecular formula is C16H24ClNO3. The van der Waals surface area contributed by atoms with Crippen LogP contribution in [0.25, 0.3) is 0 Å². The highest BCUT2D eigenvalue weighted by atomic mass is 35.5. The molecule has 1 aromatic rings. The van der Waals surface area contributed by atoms with E-state index in [4.69, 9.17) is 16.3 Å². The molecule has 0 saturated carbocycles. The smallest absolute Gasteiger partial charge is 0.412 e. The van der Waals surface area contributed by atoms with Gasteiger partial charge in [0.1, 0.15) is 5.60 Å². The van der Waals surface area contributed by atoms with Gasteiger partial charge in [-0.2, -0.15) is 0 Å². The van der Waals surface area contributed by atoms with Crippen LogP contribution in [0, 0.1) is 5.92 Å². The van der Waals surface area contributed by atoms with Gasteiger partial charge in [0.2, 0.25) is 0 Å². The average Bonchev–Trinajstić information content (AvgIpc) is 2.27. The molecule has 0 heterocycles. The molecule has 4 nitrogen and oxygen atoms in total. The third-order valence-electron chi connectivity index (χ3n) is 2.70. The minimum Gasteiger partial charge on any atom is -0.444 e. The Kier molecular flexibility index (Phi) is 6.05. The molecule has 118 valence electrons. The molecule has 1 unspecified atom stereocenters. The first kappa shape index (κ1) is 17.8. The number of ether oxygens (including phenoxy) is 1. The highest BCUT2D eigenvalue weighted by molar-refractivity contribution is 6.30. The second kappa shape index (κ2) is 7.14. The topological polar surface area (TPSA) is 58.6 Å². The van der Waals surface area contributed by atoms with Crippen LogP contribution in [0.1, 0.15) is 52.7 Å². The number of hydrogen-bond acceptors (Lipinski definition) is 3. The molecule has 21 heavy (non-hydrogen) atoms. The Morgan fingerprint density at radius 2 is 2.00 bits per heavy atom. The van der Waals surface area contributed by atoms with Crippen molar-refractivity contribution in [2.75, 3.05) is 5.32 Å². The lowest BCUT2D eigenvalue weighted by atomic mass is 9.98. The maximum atomic E-state index is 11.9. The predicted molar refractivity (Wildman–Crippen MR) is 85.7 cm³/mol. The van der Waals surface area contributed by atoms with Crippen LogP contribution in [0.4, 0.5) is 10.5 Å². The van der Waals surface area contributed by atoms with Gasteiger partial charge in [-0.25, -0.2) is 4.79 Å². The molecule has 5 heteroatoms. The zero-order valence-electron chi connectivity index (χ0n) is 13.2. The highest BCUT2D eigenvalue weighted by Gasteiger charge is 2.20. The van der Waals surface area contributed by atoms with Gasteiger partial charge in [0.15, 0.2) is 0 Å². The van der Waals surface area contributed by atoms with E-state index in [0.29, 0.717) is 28.6 Å². The Bertz CT molecular complexity index is 495. The van der Waals surface area contributed by atoms with Gasteiger partial charge in [0, 0.05) is 16.3 Å². The van der Waals surface area contributed by atoms with Crippen LogP contribution in [0.2, 0.25) is 5.02 Å². The summed E-state index contributed by atoms with van der Waals surface area (Å²) < 4.78 is 5.22. The van der Waals surface area contributed by atoms with E-state index in [1.807, 2.05) is 13.8 Å². The number of halogens is 1. The van der Waals surface area contributed by atoms with E-state index in [9.17, 15) is 9.90 Å². The summed E-state index contributed by atoms with van der Waals surface area (Å²) in [6.07, 6.45) is -0.653. The molecule has 0 bridgehead atoms. The molecule has 0 fully saturated rings. The van der Waals surface area contributed by atoms with E-state index in [0.717, 1.165) is 0 Å². The number of anilines is 1. The van der Waals surface area contributed by atoms with Crippen LogP contribution in [-0.2, 0) is 4.74 Å². The number of hydrogen-bond donors (Lipinski definition) is 2. The normalized spacial score (nSPS) is 13.1. The van der Waals surface area contributed by atoms with Crippen molar-refractivity contribution in [3.63, 3.8) is 0 Å². The first-order chi connectivity index (χ1) is 9.58. The summed E-state index contributed by atoms with van der Waals surface area (Å²) in [5.41, 5.74) is 0.539. The molecular weight excluding hydrogens is 290 g/mol. The maximum absolute atomic E-state index is 11.9. The standard InChI is InChI=1S/C16H24ClNO3/c1-10(2)8-14(19)12-9-11(17)6-7-13(12)18-15(20)21-16(3,4)5/h6-7,9-10,14,19H,8H2,1-5H3,(H,18,20). The summed E-state index contributed by atoms with van der Waals surface area (Å²) in [5.74, 6) is 0.327. The number of rotatable bonds is 4.